The molecule has 76 valence electrons. The fourth-order valence-electron chi connectivity index (χ4n) is 1.01. The summed E-state index contributed by atoms with van der Waals surface area (Å²) in [5, 5.41) is 3.08. The van der Waals surface area contributed by atoms with Gasteiger partial charge >= 0.3 is 0 Å². The van der Waals surface area contributed by atoms with E-state index in [1.165, 1.54) is 17.8 Å². The Bertz CT molecular complexity index is 301. The number of halogens is 1. The lowest BCUT2D eigenvalue weighted by Gasteiger charge is -2.10. The van der Waals surface area contributed by atoms with E-state index in [-0.39, 0.29) is 11.9 Å². The molecule has 0 aliphatic heterocycles. The molecule has 1 aromatic carbocycles. The van der Waals surface area contributed by atoms with Crippen molar-refractivity contribution in [3.63, 3.8) is 0 Å². The minimum atomic E-state index is -0.156. The standard InChI is InChI=1S/C11H14FNS/c1-3-9(13-2)8-14-11-7-5-4-6-10(11)12/h3-7,9,13H,1,8H2,2H3. The van der Waals surface area contributed by atoms with E-state index in [9.17, 15) is 4.39 Å². The van der Waals surface area contributed by atoms with Crippen molar-refractivity contribution in [2.75, 3.05) is 12.8 Å². The molecule has 0 fully saturated rings. The van der Waals surface area contributed by atoms with E-state index in [1.54, 1.807) is 12.1 Å². The molecule has 0 heterocycles. The van der Waals surface area contributed by atoms with E-state index in [0.717, 1.165) is 5.75 Å². The molecule has 0 amide bonds. The van der Waals surface area contributed by atoms with Crippen molar-refractivity contribution in [1.29, 1.82) is 0 Å². The Hall–Kier alpha value is -0.800. The zero-order chi connectivity index (χ0) is 10.4. The summed E-state index contributed by atoms with van der Waals surface area (Å²) < 4.78 is 13.2. The lowest BCUT2D eigenvalue weighted by atomic mass is 10.3. The van der Waals surface area contributed by atoms with Gasteiger partial charge in [0.2, 0.25) is 0 Å². The molecule has 0 aliphatic rings. The van der Waals surface area contributed by atoms with Gasteiger partial charge in [0, 0.05) is 16.7 Å². The molecule has 1 rings (SSSR count). The predicted octanol–water partition coefficient (Wildman–Crippen LogP) is 2.69. The number of rotatable bonds is 5. The van der Waals surface area contributed by atoms with Gasteiger partial charge in [-0.3, -0.25) is 0 Å². The summed E-state index contributed by atoms with van der Waals surface area (Å²) >= 11 is 1.50. The molecule has 0 aliphatic carbocycles. The topological polar surface area (TPSA) is 12.0 Å². The molecule has 1 N–H and O–H groups in total. The SMILES string of the molecule is C=CC(CSc1ccccc1F)NC. The Kier molecular flexibility index (Phi) is 4.70. The molecule has 14 heavy (non-hydrogen) atoms. The lowest BCUT2D eigenvalue weighted by Crippen LogP contribution is -2.24. The fraction of sp³-hybridized carbons (Fsp3) is 0.273. The van der Waals surface area contributed by atoms with Gasteiger partial charge in [0.1, 0.15) is 5.82 Å². The second-order valence-electron chi connectivity index (χ2n) is 2.87. The third-order valence-electron chi connectivity index (χ3n) is 1.91. The van der Waals surface area contributed by atoms with Crippen molar-refractivity contribution in [3.05, 3.63) is 42.7 Å². The van der Waals surface area contributed by atoms with E-state index in [2.05, 4.69) is 11.9 Å². The van der Waals surface area contributed by atoms with Crippen LogP contribution in [-0.2, 0) is 0 Å². The number of hydrogen-bond acceptors (Lipinski definition) is 2. The number of benzene rings is 1. The highest BCUT2D eigenvalue weighted by Crippen LogP contribution is 2.21. The zero-order valence-electron chi connectivity index (χ0n) is 8.16. The molecule has 1 aromatic rings. The van der Waals surface area contributed by atoms with Crippen LogP contribution in [0.25, 0.3) is 0 Å². The van der Waals surface area contributed by atoms with Gasteiger partial charge in [0.15, 0.2) is 0 Å². The van der Waals surface area contributed by atoms with Crippen LogP contribution >= 0.6 is 11.8 Å². The summed E-state index contributed by atoms with van der Waals surface area (Å²) in [6.45, 7) is 3.70. The van der Waals surface area contributed by atoms with Crippen LogP contribution < -0.4 is 5.32 Å². The third-order valence-corrected chi connectivity index (χ3v) is 3.08. The summed E-state index contributed by atoms with van der Waals surface area (Å²) in [5.74, 6) is 0.636. The van der Waals surface area contributed by atoms with E-state index in [0.29, 0.717) is 4.90 Å². The predicted molar refractivity (Wildman–Crippen MR) is 60.2 cm³/mol. The molecule has 1 atom stereocenters. The summed E-state index contributed by atoms with van der Waals surface area (Å²) in [6, 6.07) is 7.02. The van der Waals surface area contributed by atoms with Crippen LogP contribution in [0.2, 0.25) is 0 Å². The second kappa shape index (κ2) is 5.83. The average molecular weight is 211 g/mol. The van der Waals surface area contributed by atoms with Crippen molar-refractivity contribution >= 4 is 11.8 Å². The number of likely N-dealkylation sites (N-methyl/N-ethyl adjacent to an activating group) is 1. The van der Waals surface area contributed by atoms with Crippen LogP contribution in [0.4, 0.5) is 4.39 Å². The summed E-state index contributed by atoms with van der Waals surface area (Å²) in [6.07, 6.45) is 1.83. The highest BCUT2D eigenvalue weighted by Gasteiger charge is 2.04. The van der Waals surface area contributed by atoms with Crippen molar-refractivity contribution in [2.24, 2.45) is 0 Å². The maximum absolute atomic E-state index is 13.2. The largest absolute Gasteiger partial charge is 0.313 e. The lowest BCUT2D eigenvalue weighted by molar-refractivity contribution is 0.601. The Morgan fingerprint density at radius 2 is 2.29 bits per heavy atom. The number of nitrogens with one attached hydrogen (secondary N) is 1. The molecule has 0 radical (unpaired) electrons. The third kappa shape index (κ3) is 3.16. The summed E-state index contributed by atoms with van der Waals surface area (Å²) in [7, 11) is 1.87. The fourth-order valence-corrected chi connectivity index (χ4v) is 2.05. The maximum atomic E-state index is 13.2. The van der Waals surface area contributed by atoms with Crippen molar-refractivity contribution in [3.8, 4) is 0 Å². The van der Waals surface area contributed by atoms with Gasteiger partial charge in [-0.25, -0.2) is 4.39 Å². The number of hydrogen-bond donors (Lipinski definition) is 1. The highest BCUT2D eigenvalue weighted by molar-refractivity contribution is 7.99. The molecule has 1 unspecified atom stereocenters. The van der Waals surface area contributed by atoms with Gasteiger partial charge in [-0.15, -0.1) is 18.3 Å². The van der Waals surface area contributed by atoms with Gasteiger partial charge in [-0.1, -0.05) is 18.2 Å². The maximum Gasteiger partial charge on any atom is 0.136 e. The summed E-state index contributed by atoms with van der Waals surface area (Å²) in [4.78, 5) is 0.689. The zero-order valence-corrected chi connectivity index (χ0v) is 8.98. The molecular formula is C11H14FNS. The quantitative estimate of drug-likeness (QED) is 0.593. The molecule has 1 nitrogen and oxygen atoms in total. The van der Waals surface area contributed by atoms with Crippen LogP contribution in [0.3, 0.4) is 0 Å². The Morgan fingerprint density at radius 1 is 1.57 bits per heavy atom. The average Bonchev–Trinajstić information content (AvgIpc) is 2.22. The molecule has 0 bridgehead atoms. The van der Waals surface area contributed by atoms with E-state index < -0.39 is 0 Å². The first-order chi connectivity index (χ1) is 6.77. The molecule has 0 saturated heterocycles. The van der Waals surface area contributed by atoms with Gasteiger partial charge in [-0.05, 0) is 19.2 Å². The van der Waals surface area contributed by atoms with Crippen LogP contribution in [-0.4, -0.2) is 18.8 Å². The minimum Gasteiger partial charge on any atom is -0.313 e. The van der Waals surface area contributed by atoms with Crippen LogP contribution in [0.15, 0.2) is 41.8 Å². The monoisotopic (exact) mass is 211 g/mol. The smallest absolute Gasteiger partial charge is 0.136 e. The van der Waals surface area contributed by atoms with Crippen molar-refractivity contribution in [1.82, 2.24) is 5.32 Å². The first kappa shape index (κ1) is 11.3. The van der Waals surface area contributed by atoms with Gasteiger partial charge < -0.3 is 5.32 Å². The van der Waals surface area contributed by atoms with Crippen LogP contribution in [0.5, 0.6) is 0 Å². The first-order valence-corrected chi connectivity index (χ1v) is 5.43. The highest BCUT2D eigenvalue weighted by atomic mass is 32.2. The van der Waals surface area contributed by atoms with E-state index in [1.807, 2.05) is 19.2 Å². The minimum absolute atomic E-state index is 0.156. The van der Waals surface area contributed by atoms with Crippen molar-refractivity contribution in [2.45, 2.75) is 10.9 Å². The summed E-state index contributed by atoms with van der Waals surface area (Å²) in [5.41, 5.74) is 0. The Labute approximate surface area is 88.4 Å². The molecule has 0 spiro atoms. The van der Waals surface area contributed by atoms with Crippen LogP contribution in [0.1, 0.15) is 0 Å². The second-order valence-corrected chi connectivity index (χ2v) is 3.93. The molecule has 3 heteroatoms. The number of thioether (sulfide) groups is 1. The van der Waals surface area contributed by atoms with Gasteiger partial charge in [-0.2, -0.15) is 0 Å². The van der Waals surface area contributed by atoms with Crippen molar-refractivity contribution < 1.29 is 4.39 Å². The Balaban J connectivity index is 2.53. The molecule has 0 saturated carbocycles. The van der Waals surface area contributed by atoms with Gasteiger partial charge in [0.25, 0.3) is 0 Å². The first-order valence-electron chi connectivity index (χ1n) is 4.45. The van der Waals surface area contributed by atoms with E-state index >= 15 is 0 Å². The Morgan fingerprint density at radius 3 is 2.86 bits per heavy atom. The molecular weight excluding hydrogens is 197 g/mol. The van der Waals surface area contributed by atoms with E-state index in [4.69, 9.17) is 0 Å². The molecule has 0 aromatic heterocycles. The van der Waals surface area contributed by atoms with Crippen LogP contribution in [0, 0.1) is 5.82 Å². The van der Waals surface area contributed by atoms with Gasteiger partial charge in [0.05, 0.1) is 0 Å². The normalized spacial score (nSPS) is 12.4.